The summed E-state index contributed by atoms with van der Waals surface area (Å²) < 4.78 is 67.8. The van der Waals surface area contributed by atoms with E-state index in [0.29, 0.717) is 11.1 Å². The molecule has 2 N–H and O–H groups in total. The van der Waals surface area contributed by atoms with E-state index in [1.807, 2.05) is 0 Å². The van der Waals surface area contributed by atoms with Crippen LogP contribution in [-0.2, 0) is 6.42 Å². The normalized spacial score (nSPS) is 22.8. The number of phenolic OH excluding ortho intramolecular Hbond substituents is 1. The Morgan fingerprint density at radius 2 is 1.87 bits per heavy atom. The number of aromatic hydroxyl groups is 1. The average molecular weight is 635 g/mol. The number of ether oxygens (including phenoxy) is 1. The van der Waals surface area contributed by atoms with Gasteiger partial charge in [-0.05, 0) is 75.7 Å². The highest BCUT2D eigenvalue weighted by Crippen LogP contribution is 2.42. The molecule has 5 heterocycles. The van der Waals surface area contributed by atoms with Gasteiger partial charge in [0.2, 0.25) is 0 Å². The van der Waals surface area contributed by atoms with Crippen molar-refractivity contribution in [3.63, 3.8) is 0 Å². The van der Waals surface area contributed by atoms with Crippen LogP contribution in [0, 0.1) is 24.0 Å². The molecule has 0 bridgehead atoms. The smallest absolute Gasteiger partial charge is 0.319 e. The fraction of sp³-hybridized carbons (Fsp3) is 0.441. The quantitative estimate of drug-likeness (QED) is 0.157. The van der Waals surface area contributed by atoms with Crippen molar-refractivity contribution in [2.24, 2.45) is 0 Å². The molecule has 7 rings (SSSR count). The highest BCUT2D eigenvalue weighted by Gasteiger charge is 2.45. The Bertz CT molecular complexity index is 1890. The molecule has 0 spiro atoms. The molecule has 2 aromatic heterocycles. The maximum absolute atomic E-state index is 17.0. The van der Waals surface area contributed by atoms with Crippen molar-refractivity contribution >= 4 is 27.5 Å². The standard InChI is InChI=1S/C34H34F4N6O2/c1-4-21-23(35)9-8-19-14-20(45)15-22(26(19)21)29-28(37)30-27(24(5-2)39-29)32(44-16-25(36)40-31(38)18(44)3)42-33(41-30)46-17-34-10-6-12-43(34)13-7-11-34/h1,8-9,14-15,18,25,31,40,45H,5-7,10-13,16-17H2,2-3H3. The van der Waals surface area contributed by atoms with Crippen LogP contribution in [0.25, 0.3) is 32.9 Å². The van der Waals surface area contributed by atoms with Gasteiger partial charge in [-0.25, -0.2) is 22.5 Å². The second kappa shape index (κ2) is 11.5. The third kappa shape index (κ3) is 4.88. The first-order chi connectivity index (χ1) is 22.1. The SMILES string of the molecule is C#Cc1c(F)ccc2cc(O)cc(-c3nc(CC)c4c(N5CC(F)NC(F)C5C)nc(OCC56CCCN5CCC6)nc4c3F)c12. The minimum absolute atomic E-state index is 0.0776. The maximum Gasteiger partial charge on any atom is 0.319 e. The van der Waals surface area contributed by atoms with Gasteiger partial charge in [0, 0.05) is 10.9 Å². The predicted molar refractivity (Wildman–Crippen MR) is 167 cm³/mol. The number of phenols is 1. The number of nitrogens with zero attached hydrogens (tertiary/aromatic N) is 5. The number of rotatable bonds is 6. The van der Waals surface area contributed by atoms with Crippen LogP contribution >= 0.6 is 0 Å². The number of aromatic nitrogens is 3. The van der Waals surface area contributed by atoms with Gasteiger partial charge in [-0.1, -0.05) is 18.9 Å². The Morgan fingerprint density at radius 3 is 2.59 bits per heavy atom. The summed E-state index contributed by atoms with van der Waals surface area (Å²) in [6, 6.07) is 4.34. The molecule has 3 saturated heterocycles. The summed E-state index contributed by atoms with van der Waals surface area (Å²) in [6.45, 7) is 5.38. The third-order valence-electron chi connectivity index (χ3n) is 9.77. The second-order valence-corrected chi connectivity index (χ2v) is 12.4. The Kier molecular flexibility index (Phi) is 7.64. The minimum atomic E-state index is -1.72. The van der Waals surface area contributed by atoms with Gasteiger partial charge in [0.15, 0.2) is 18.4 Å². The van der Waals surface area contributed by atoms with E-state index in [0.717, 1.165) is 38.8 Å². The fourth-order valence-corrected chi connectivity index (χ4v) is 7.47. The van der Waals surface area contributed by atoms with E-state index in [4.69, 9.17) is 11.2 Å². The number of hydrogen-bond acceptors (Lipinski definition) is 8. The van der Waals surface area contributed by atoms with E-state index in [1.54, 1.807) is 13.8 Å². The number of alkyl halides is 2. The predicted octanol–water partition coefficient (Wildman–Crippen LogP) is 5.77. The summed E-state index contributed by atoms with van der Waals surface area (Å²) in [5, 5.41) is 13.7. The van der Waals surface area contributed by atoms with Crippen LogP contribution in [0.5, 0.6) is 11.8 Å². The summed E-state index contributed by atoms with van der Waals surface area (Å²) in [6.07, 6.45) is 6.53. The van der Waals surface area contributed by atoms with Crippen LogP contribution in [0.1, 0.15) is 50.8 Å². The van der Waals surface area contributed by atoms with Gasteiger partial charge < -0.3 is 14.7 Å². The van der Waals surface area contributed by atoms with Gasteiger partial charge in [0.25, 0.3) is 0 Å². The van der Waals surface area contributed by atoms with E-state index in [-0.39, 0.29) is 75.8 Å². The van der Waals surface area contributed by atoms with E-state index in [2.05, 4.69) is 31.1 Å². The van der Waals surface area contributed by atoms with Gasteiger partial charge in [0.05, 0.1) is 34.8 Å². The molecule has 8 nitrogen and oxygen atoms in total. The molecule has 3 unspecified atom stereocenters. The van der Waals surface area contributed by atoms with Crippen LogP contribution in [0.4, 0.5) is 23.4 Å². The van der Waals surface area contributed by atoms with Crippen LogP contribution < -0.4 is 15.0 Å². The van der Waals surface area contributed by atoms with Gasteiger partial charge in [-0.3, -0.25) is 10.2 Å². The van der Waals surface area contributed by atoms with E-state index >= 15 is 4.39 Å². The van der Waals surface area contributed by atoms with E-state index in [9.17, 15) is 18.3 Å². The lowest BCUT2D eigenvalue weighted by Crippen LogP contribution is -2.58. The minimum Gasteiger partial charge on any atom is -0.508 e. The first kappa shape index (κ1) is 30.4. The average Bonchev–Trinajstić information content (AvgIpc) is 3.62. The van der Waals surface area contributed by atoms with Gasteiger partial charge in [-0.2, -0.15) is 9.97 Å². The molecule has 2 aromatic carbocycles. The van der Waals surface area contributed by atoms with Crippen molar-refractivity contribution in [2.75, 3.05) is 31.1 Å². The zero-order chi connectivity index (χ0) is 32.3. The Morgan fingerprint density at radius 1 is 1.11 bits per heavy atom. The van der Waals surface area contributed by atoms with Crippen LogP contribution in [0.15, 0.2) is 24.3 Å². The number of aryl methyl sites for hydroxylation is 1. The number of benzene rings is 2. The monoisotopic (exact) mass is 634 g/mol. The lowest BCUT2D eigenvalue weighted by Gasteiger charge is -2.39. The number of piperazine rings is 1. The van der Waals surface area contributed by atoms with Crippen molar-refractivity contribution in [2.45, 2.75) is 70.1 Å². The number of fused-ring (bicyclic) bond motifs is 3. The summed E-state index contributed by atoms with van der Waals surface area (Å²) >= 11 is 0. The number of anilines is 1. The Balaban J connectivity index is 1.46. The second-order valence-electron chi connectivity index (χ2n) is 12.4. The Labute approximate surface area is 263 Å². The summed E-state index contributed by atoms with van der Waals surface area (Å²) in [5.74, 6) is 0.690. The molecule has 3 fully saturated rings. The molecule has 240 valence electrons. The molecule has 12 heteroatoms. The lowest BCUT2D eigenvalue weighted by atomic mass is 9.95. The number of terminal acetylenes is 1. The first-order valence-corrected chi connectivity index (χ1v) is 15.6. The van der Waals surface area contributed by atoms with Gasteiger partial charge >= 0.3 is 6.01 Å². The molecule has 0 radical (unpaired) electrons. The van der Waals surface area contributed by atoms with Crippen molar-refractivity contribution < 1.29 is 27.4 Å². The van der Waals surface area contributed by atoms with Crippen LogP contribution in [0.3, 0.4) is 0 Å². The molecule has 0 aliphatic carbocycles. The lowest BCUT2D eigenvalue weighted by molar-refractivity contribution is 0.106. The zero-order valence-electron chi connectivity index (χ0n) is 25.6. The molecule has 4 aromatic rings. The summed E-state index contributed by atoms with van der Waals surface area (Å²) in [4.78, 5) is 17.7. The Hall–Kier alpha value is -4.21. The largest absolute Gasteiger partial charge is 0.508 e. The van der Waals surface area contributed by atoms with E-state index < -0.39 is 30.3 Å². The molecule has 46 heavy (non-hydrogen) atoms. The molecule has 3 aliphatic rings. The highest BCUT2D eigenvalue weighted by atomic mass is 19.2. The number of nitrogens with one attached hydrogen (secondary N) is 1. The first-order valence-electron chi connectivity index (χ1n) is 15.6. The summed E-state index contributed by atoms with van der Waals surface area (Å²) in [5.41, 5.74) is -0.222. The van der Waals surface area contributed by atoms with Crippen molar-refractivity contribution in [3.8, 4) is 35.4 Å². The molecule has 3 aliphatic heterocycles. The molecular weight excluding hydrogens is 600 g/mol. The number of pyridine rings is 1. The van der Waals surface area contributed by atoms with Crippen molar-refractivity contribution in [3.05, 3.63) is 47.2 Å². The third-order valence-corrected chi connectivity index (χ3v) is 9.77. The van der Waals surface area contributed by atoms with Crippen molar-refractivity contribution in [1.82, 2.24) is 25.2 Å². The molecule has 0 saturated carbocycles. The molecule has 3 atom stereocenters. The van der Waals surface area contributed by atoms with Crippen molar-refractivity contribution in [1.29, 1.82) is 0 Å². The topological polar surface area (TPSA) is 86.6 Å². The van der Waals surface area contributed by atoms with Crippen LogP contribution in [-0.4, -0.2) is 75.4 Å². The number of halogens is 4. The molecule has 0 amide bonds. The fourth-order valence-electron chi connectivity index (χ4n) is 7.47. The van der Waals surface area contributed by atoms with Gasteiger partial charge in [0.1, 0.15) is 35.2 Å². The zero-order valence-corrected chi connectivity index (χ0v) is 25.6. The van der Waals surface area contributed by atoms with Gasteiger partial charge in [-0.15, -0.1) is 6.42 Å². The maximum atomic E-state index is 17.0. The molecular formula is C34H34F4N6O2. The van der Waals surface area contributed by atoms with E-state index in [1.165, 1.54) is 29.2 Å². The highest BCUT2D eigenvalue weighted by molar-refractivity contribution is 6.03. The number of hydrogen-bond donors (Lipinski definition) is 2. The summed E-state index contributed by atoms with van der Waals surface area (Å²) in [7, 11) is 0. The van der Waals surface area contributed by atoms with Crippen LogP contribution in [0.2, 0.25) is 0 Å².